The van der Waals surface area contributed by atoms with Crippen molar-refractivity contribution < 1.29 is 0 Å². The third-order valence-electron chi connectivity index (χ3n) is 11.1. The van der Waals surface area contributed by atoms with Gasteiger partial charge < -0.3 is 4.90 Å². The topological polar surface area (TPSA) is 3.24 Å². The van der Waals surface area contributed by atoms with E-state index in [1.165, 1.54) is 84.9 Å². The second-order valence-electron chi connectivity index (χ2n) is 14.4. The van der Waals surface area contributed by atoms with Crippen LogP contribution >= 0.6 is 22.7 Å². The minimum Gasteiger partial charge on any atom is -0.308 e. The van der Waals surface area contributed by atoms with E-state index in [4.69, 9.17) is 0 Å². The van der Waals surface area contributed by atoms with Gasteiger partial charge in [-0.1, -0.05) is 170 Å². The van der Waals surface area contributed by atoms with Crippen LogP contribution in [0.15, 0.2) is 212 Å². The molecule has 0 saturated heterocycles. The predicted octanol–water partition coefficient (Wildman–Crippen LogP) is 16.6. The Morgan fingerprint density at radius 3 is 1.58 bits per heavy atom. The summed E-state index contributed by atoms with van der Waals surface area (Å²) in [4.78, 5) is 2.51. The molecular weight excluding hydrogens is 727 g/mol. The molecular formula is C54H35NS2. The molecule has 11 rings (SSSR count). The van der Waals surface area contributed by atoms with Crippen molar-refractivity contribution >= 4 is 80.1 Å². The molecule has 0 aliphatic rings. The molecule has 2 aromatic heterocycles. The van der Waals surface area contributed by atoms with Crippen LogP contribution < -0.4 is 4.90 Å². The monoisotopic (exact) mass is 761 g/mol. The van der Waals surface area contributed by atoms with E-state index in [-0.39, 0.29) is 0 Å². The van der Waals surface area contributed by atoms with Crippen LogP contribution in [0, 0.1) is 0 Å². The molecule has 2 heterocycles. The maximum absolute atomic E-state index is 2.51. The lowest BCUT2D eigenvalue weighted by Gasteiger charge is -2.30. The first-order chi connectivity index (χ1) is 28.3. The second kappa shape index (κ2) is 14.1. The average molecular weight is 762 g/mol. The first kappa shape index (κ1) is 33.5. The highest BCUT2D eigenvalue weighted by Crippen LogP contribution is 2.51. The van der Waals surface area contributed by atoms with Gasteiger partial charge in [0, 0.05) is 46.9 Å². The summed E-state index contributed by atoms with van der Waals surface area (Å²) in [6.45, 7) is 0. The molecule has 0 fully saturated rings. The van der Waals surface area contributed by atoms with Gasteiger partial charge in [0.05, 0.1) is 16.1 Å². The first-order valence-corrected chi connectivity index (χ1v) is 21.0. The summed E-state index contributed by atoms with van der Waals surface area (Å²) in [5.41, 5.74) is 13.0. The molecule has 0 N–H and O–H groups in total. The number of fused-ring (bicyclic) bond motifs is 6. The number of rotatable bonds is 7. The number of hydrogen-bond acceptors (Lipinski definition) is 3. The van der Waals surface area contributed by atoms with Crippen molar-refractivity contribution in [2.24, 2.45) is 0 Å². The Balaban J connectivity index is 1.19. The fourth-order valence-electron chi connectivity index (χ4n) is 8.56. The Bertz CT molecular complexity index is 3230. The average Bonchev–Trinajstić information content (AvgIpc) is 3.87. The molecule has 0 atom stereocenters. The molecule has 0 bridgehead atoms. The van der Waals surface area contributed by atoms with Gasteiger partial charge in [-0.3, -0.25) is 0 Å². The Kier molecular flexibility index (Phi) is 8.28. The van der Waals surface area contributed by atoms with E-state index in [9.17, 15) is 0 Å². The van der Waals surface area contributed by atoms with Gasteiger partial charge >= 0.3 is 0 Å². The SMILES string of the molecule is c1ccc(-c2ccccc2-c2c(-c3ccccc3)cccc2N(c2ccc(-c3cccc4sc5ccccc5c34)cc2)c2cccc3c2sc2ccccc23)cc1. The molecule has 0 aliphatic carbocycles. The van der Waals surface area contributed by atoms with Gasteiger partial charge in [0.1, 0.15) is 0 Å². The summed E-state index contributed by atoms with van der Waals surface area (Å²) >= 11 is 3.74. The van der Waals surface area contributed by atoms with Crippen LogP contribution in [0.2, 0.25) is 0 Å². The standard InChI is InChI=1S/C54H35NS2/c1-3-16-36(17-4-1)40-20-7-8-22-44(40)52-41(37-18-5-2-6-19-37)24-13-27-47(52)55(48-28-14-26-45-43-21-9-11-29-49(43)57-54(45)48)39-34-32-38(33-35-39)42-25-15-31-51-53(42)46-23-10-12-30-50(46)56-51/h1-35H. The van der Waals surface area contributed by atoms with Crippen molar-refractivity contribution in [3.05, 3.63) is 212 Å². The molecule has 0 aliphatic heterocycles. The van der Waals surface area contributed by atoms with Crippen LogP contribution in [0.5, 0.6) is 0 Å². The second-order valence-corrected chi connectivity index (χ2v) is 16.5. The van der Waals surface area contributed by atoms with Crippen LogP contribution in [0.1, 0.15) is 0 Å². The molecule has 0 spiro atoms. The van der Waals surface area contributed by atoms with Gasteiger partial charge in [0.25, 0.3) is 0 Å². The smallest absolute Gasteiger partial charge is 0.0640 e. The Morgan fingerprint density at radius 1 is 0.298 bits per heavy atom. The van der Waals surface area contributed by atoms with E-state index >= 15 is 0 Å². The summed E-state index contributed by atoms with van der Waals surface area (Å²) in [7, 11) is 0. The normalized spacial score (nSPS) is 11.5. The molecule has 268 valence electrons. The summed E-state index contributed by atoms with van der Waals surface area (Å²) < 4.78 is 5.19. The van der Waals surface area contributed by atoms with Crippen molar-refractivity contribution in [1.29, 1.82) is 0 Å². The Hall–Kier alpha value is -6.78. The highest BCUT2D eigenvalue weighted by atomic mass is 32.1. The van der Waals surface area contributed by atoms with Crippen LogP contribution in [-0.2, 0) is 0 Å². The molecule has 57 heavy (non-hydrogen) atoms. The summed E-state index contributed by atoms with van der Waals surface area (Å²) in [6.07, 6.45) is 0. The molecule has 0 unspecified atom stereocenters. The van der Waals surface area contributed by atoms with Gasteiger partial charge in [-0.15, -0.1) is 22.7 Å². The first-order valence-electron chi connectivity index (χ1n) is 19.3. The lowest BCUT2D eigenvalue weighted by atomic mass is 9.87. The lowest BCUT2D eigenvalue weighted by molar-refractivity contribution is 1.30. The third-order valence-corrected chi connectivity index (χ3v) is 13.5. The fourth-order valence-corrected chi connectivity index (χ4v) is 10.9. The van der Waals surface area contributed by atoms with Gasteiger partial charge in [-0.05, 0) is 81.4 Å². The van der Waals surface area contributed by atoms with Crippen molar-refractivity contribution in [1.82, 2.24) is 0 Å². The number of thiophene rings is 2. The summed E-state index contributed by atoms with van der Waals surface area (Å²) in [5, 5.41) is 5.21. The molecule has 3 heteroatoms. The zero-order valence-electron chi connectivity index (χ0n) is 31.0. The number of nitrogens with zero attached hydrogens (tertiary/aromatic N) is 1. The van der Waals surface area contributed by atoms with Crippen molar-refractivity contribution in [3.8, 4) is 44.5 Å². The van der Waals surface area contributed by atoms with Crippen LogP contribution in [-0.4, -0.2) is 0 Å². The Labute approximate surface area is 340 Å². The molecule has 11 aromatic rings. The molecule has 9 aromatic carbocycles. The van der Waals surface area contributed by atoms with E-state index in [1.54, 1.807) is 0 Å². The predicted molar refractivity (Wildman–Crippen MR) is 249 cm³/mol. The minimum atomic E-state index is 1.11. The van der Waals surface area contributed by atoms with Gasteiger partial charge in [-0.2, -0.15) is 0 Å². The highest BCUT2D eigenvalue weighted by Gasteiger charge is 2.25. The van der Waals surface area contributed by atoms with Gasteiger partial charge in [0.15, 0.2) is 0 Å². The van der Waals surface area contributed by atoms with Crippen molar-refractivity contribution in [2.75, 3.05) is 4.90 Å². The third kappa shape index (κ3) is 5.74. The highest BCUT2D eigenvalue weighted by molar-refractivity contribution is 7.26. The molecule has 0 radical (unpaired) electrons. The van der Waals surface area contributed by atoms with Gasteiger partial charge in [-0.25, -0.2) is 0 Å². The van der Waals surface area contributed by atoms with Crippen molar-refractivity contribution in [3.63, 3.8) is 0 Å². The number of benzene rings is 9. The van der Waals surface area contributed by atoms with Crippen LogP contribution in [0.25, 0.3) is 84.9 Å². The molecule has 0 saturated carbocycles. The van der Waals surface area contributed by atoms with Crippen molar-refractivity contribution in [2.45, 2.75) is 0 Å². The van der Waals surface area contributed by atoms with E-state index in [0.717, 1.165) is 17.1 Å². The fraction of sp³-hybridized carbons (Fsp3) is 0. The quantitative estimate of drug-likeness (QED) is 0.156. The van der Waals surface area contributed by atoms with Crippen LogP contribution in [0.3, 0.4) is 0 Å². The summed E-state index contributed by atoms with van der Waals surface area (Å²) in [6, 6.07) is 77.7. The number of hydrogen-bond donors (Lipinski definition) is 0. The molecule has 1 nitrogen and oxygen atoms in total. The minimum absolute atomic E-state index is 1.11. The zero-order chi connectivity index (χ0) is 37.7. The maximum atomic E-state index is 2.51. The van der Waals surface area contributed by atoms with E-state index in [1.807, 2.05) is 22.7 Å². The largest absolute Gasteiger partial charge is 0.308 e. The van der Waals surface area contributed by atoms with E-state index in [2.05, 4.69) is 217 Å². The Morgan fingerprint density at radius 2 is 0.807 bits per heavy atom. The number of anilines is 3. The zero-order valence-corrected chi connectivity index (χ0v) is 32.6. The summed E-state index contributed by atoms with van der Waals surface area (Å²) in [5.74, 6) is 0. The van der Waals surface area contributed by atoms with E-state index < -0.39 is 0 Å². The van der Waals surface area contributed by atoms with Gasteiger partial charge in [0.2, 0.25) is 0 Å². The molecule has 0 amide bonds. The van der Waals surface area contributed by atoms with E-state index in [0.29, 0.717) is 0 Å². The van der Waals surface area contributed by atoms with Crippen LogP contribution in [0.4, 0.5) is 17.1 Å². The lowest BCUT2D eigenvalue weighted by Crippen LogP contribution is -2.12. The maximum Gasteiger partial charge on any atom is 0.0640 e.